The number of esters is 1. The van der Waals surface area contributed by atoms with Crippen LogP contribution >= 0.6 is 0 Å². The highest BCUT2D eigenvalue weighted by Crippen LogP contribution is 2.40. The van der Waals surface area contributed by atoms with Crippen LogP contribution in [0.1, 0.15) is 24.8 Å². The van der Waals surface area contributed by atoms with Gasteiger partial charge in [-0.25, -0.2) is 4.79 Å². The molecule has 20 heavy (non-hydrogen) atoms. The van der Waals surface area contributed by atoms with Gasteiger partial charge in [-0.05, 0) is 43.0 Å². The number of hydrogen-bond acceptors (Lipinski definition) is 4. The predicted octanol–water partition coefficient (Wildman–Crippen LogP) is 2.62. The number of ether oxygens (including phenoxy) is 3. The minimum Gasteiger partial charge on any atom is -0.497 e. The fourth-order valence-electron chi connectivity index (χ4n) is 2.88. The third-order valence-corrected chi connectivity index (χ3v) is 3.98. The van der Waals surface area contributed by atoms with E-state index in [1.165, 1.54) is 6.08 Å². The fourth-order valence-corrected chi connectivity index (χ4v) is 2.88. The molecular weight excluding hydrogens is 256 g/mol. The van der Waals surface area contributed by atoms with Gasteiger partial charge in [0.25, 0.3) is 0 Å². The van der Waals surface area contributed by atoms with E-state index in [-0.39, 0.29) is 12.1 Å². The Morgan fingerprint density at radius 3 is 2.80 bits per heavy atom. The van der Waals surface area contributed by atoms with E-state index in [1.807, 2.05) is 30.3 Å². The number of methoxy groups -OCH3 is 1. The van der Waals surface area contributed by atoms with Gasteiger partial charge in [0.1, 0.15) is 11.9 Å². The maximum absolute atomic E-state index is 11.3. The van der Waals surface area contributed by atoms with Crippen molar-refractivity contribution < 1.29 is 19.0 Å². The third-order valence-electron chi connectivity index (χ3n) is 3.98. The van der Waals surface area contributed by atoms with Crippen molar-refractivity contribution in [2.24, 2.45) is 0 Å². The highest BCUT2D eigenvalue weighted by atomic mass is 16.6. The molecule has 1 aliphatic carbocycles. The van der Waals surface area contributed by atoms with Crippen LogP contribution in [0.25, 0.3) is 0 Å². The summed E-state index contributed by atoms with van der Waals surface area (Å²) in [6.07, 6.45) is 6.12. The normalized spacial score (nSPS) is 28.1. The first kappa shape index (κ1) is 13.2. The molecule has 1 heterocycles. The molecule has 0 amide bonds. The third kappa shape index (κ3) is 2.43. The molecule has 0 N–H and O–H groups in total. The second-order valence-electron chi connectivity index (χ2n) is 5.25. The fraction of sp³-hybridized carbons (Fsp3) is 0.438. The summed E-state index contributed by atoms with van der Waals surface area (Å²) in [7, 11) is 1.65. The number of benzene rings is 1. The molecule has 0 aromatic heterocycles. The SMILES string of the molecule is COc1ccc(CO[C@H]2CCC[C@]23C=CC(=O)O3)cc1. The molecule has 0 radical (unpaired) electrons. The van der Waals surface area contributed by atoms with Gasteiger partial charge in [0.2, 0.25) is 0 Å². The van der Waals surface area contributed by atoms with Crippen LogP contribution in [-0.4, -0.2) is 24.8 Å². The van der Waals surface area contributed by atoms with Crippen LogP contribution in [0.2, 0.25) is 0 Å². The van der Waals surface area contributed by atoms with Crippen LogP contribution in [0.3, 0.4) is 0 Å². The van der Waals surface area contributed by atoms with Crippen molar-refractivity contribution in [3.63, 3.8) is 0 Å². The molecule has 0 bridgehead atoms. The average molecular weight is 274 g/mol. The predicted molar refractivity (Wildman–Crippen MR) is 73.4 cm³/mol. The summed E-state index contributed by atoms with van der Waals surface area (Å²) in [6.45, 7) is 0.516. The zero-order chi connectivity index (χ0) is 14.0. The smallest absolute Gasteiger partial charge is 0.331 e. The molecule has 4 nitrogen and oxygen atoms in total. The van der Waals surface area contributed by atoms with E-state index in [0.29, 0.717) is 6.61 Å². The number of carbonyl (C=O) groups is 1. The maximum atomic E-state index is 11.3. The molecule has 4 heteroatoms. The van der Waals surface area contributed by atoms with Crippen molar-refractivity contribution in [3.05, 3.63) is 42.0 Å². The molecule has 1 aromatic rings. The highest BCUT2D eigenvalue weighted by molar-refractivity contribution is 5.85. The van der Waals surface area contributed by atoms with Crippen molar-refractivity contribution in [1.29, 1.82) is 0 Å². The van der Waals surface area contributed by atoms with E-state index in [2.05, 4.69) is 0 Å². The molecule has 1 fully saturated rings. The monoisotopic (exact) mass is 274 g/mol. The summed E-state index contributed by atoms with van der Waals surface area (Å²) in [6, 6.07) is 7.80. The second kappa shape index (κ2) is 5.29. The summed E-state index contributed by atoms with van der Waals surface area (Å²) >= 11 is 0. The summed E-state index contributed by atoms with van der Waals surface area (Å²) in [5, 5.41) is 0. The minimum atomic E-state index is -0.524. The van der Waals surface area contributed by atoms with Crippen LogP contribution in [0.4, 0.5) is 0 Å². The molecule has 2 aliphatic rings. The van der Waals surface area contributed by atoms with E-state index < -0.39 is 5.60 Å². The largest absolute Gasteiger partial charge is 0.497 e. The summed E-state index contributed by atoms with van der Waals surface area (Å²) in [5.41, 5.74) is 0.560. The first-order valence-electron chi connectivity index (χ1n) is 6.89. The maximum Gasteiger partial charge on any atom is 0.331 e. The standard InChI is InChI=1S/C16H18O4/c1-18-13-6-4-12(5-7-13)11-19-14-3-2-9-16(14)10-8-15(17)20-16/h4-8,10,14H,2-3,9,11H2,1H3/t14-,16-/m0/s1. The van der Waals surface area contributed by atoms with E-state index in [9.17, 15) is 4.79 Å². The first-order chi connectivity index (χ1) is 9.72. The van der Waals surface area contributed by atoms with Crippen molar-refractivity contribution in [2.45, 2.75) is 37.6 Å². The van der Waals surface area contributed by atoms with Gasteiger partial charge in [0.05, 0.1) is 13.7 Å². The molecule has 2 atom stereocenters. The van der Waals surface area contributed by atoms with Crippen LogP contribution in [0, 0.1) is 0 Å². The molecule has 1 spiro atoms. The lowest BCUT2D eigenvalue weighted by atomic mass is 10.0. The van der Waals surface area contributed by atoms with Gasteiger partial charge in [0, 0.05) is 6.08 Å². The van der Waals surface area contributed by atoms with Crippen molar-refractivity contribution in [1.82, 2.24) is 0 Å². The summed E-state index contributed by atoms with van der Waals surface area (Å²) in [5.74, 6) is 0.573. The van der Waals surface area contributed by atoms with Crippen LogP contribution in [0.5, 0.6) is 5.75 Å². The topological polar surface area (TPSA) is 44.8 Å². The van der Waals surface area contributed by atoms with Crippen molar-refractivity contribution in [2.75, 3.05) is 7.11 Å². The van der Waals surface area contributed by atoms with E-state index >= 15 is 0 Å². The quantitative estimate of drug-likeness (QED) is 0.792. The van der Waals surface area contributed by atoms with Crippen LogP contribution in [0.15, 0.2) is 36.4 Å². The lowest BCUT2D eigenvalue weighted by molar-refractivity contribution is -0.156. The number of hydrogen-bond donors (Lipinski definition) is 0. The van der Waals surface area contributed by atoms with Gasteiger partial charge in [-0.2, -0.15) is 0 Å². The molecule has 1 aliphatic heterocycles. The Balaban J connectivity index is 1.62. The Bertz CT molecular complexity index is 520. The Morgan fingerprint density at radius 1 is 1.35 bits per heavy atom. The van der Waals surface area contributed by atoms with E-state index in [4.69, 9.17) is 14.2 Å². The van der Waals surface area contributed by atoms with Crippen molar-refractivity contribution in [3.8, 4) is 5.75 Å². The Labute approximate surface area is 118 Å². The lowest BCUT2D eigenvalue weighted by Crippen LogP contribution is -2.38. The zero-order valence-electron chi connectivity index (χ0n) is 11.5. The zero-order valence-corrected chi connectivity index (χ0v) is 11.5. The van der Waals surface area contributed by atoms with Gasteiger partial charge in [-0.1, -0.05) is 12.1 Å². The van der Waals surface area contributed by atoms with Gasteiger partial charge >= 0.3 is 5.97 Å². The molecule has 3 rings (SSSR count). The molecule has 0 saturated heterocycles. The Kier molecular flexibility index (Phi) is 3.49. The Hall–Kier alpha value is -1.81. The average Bonchev–Trinajstić information content (AvgIpc) is 3.04. The first-order valence-corrected chi connectivity index (χ1v) is 6.89. The van der Waals surface area contributed by atoms with Gasteiger partial charge in [-0.15, -0.1) is 0 Å². The lowest BCUT2D eigenvalue weighted by Gasteiger charge is -2.28. The van der Waals surface area contributed by atoms with Gasteiger partial charge in [-0.3, -0.25) is 0 Å². The van der Waals surface area contributed by atoms with Gasteiger partial charge in [0.15, 0.2) is 5.60 Å². The van der Waals surface area contributed by atoms with Gasteiger partial charge < -0.3 is 14.2 Å². The minimum absolute atomic E-state index is 0.0488. The number of carbonyl (C=O) groups excluding carboxylic acids is 1. The van der Waals surface area contributed by atoms with E-state index in [1.54, 1.807) is 7.11 Å². The summed E-state index contributed by atoms with van der Waals surface area (Å²) < 4.78 is 16.6. The molecular formula is C16H18O4. The van der Waals surface area contributed by atoms with Crippen molar-refractivity contribution >= 4 is 5.97 Å². The van der Waals surface area contributed by atoms with E-state index in [0.717, 1.165) is 30.6 Å². The number of rotatable bonds is 4. The Morgan fingerprint density at radius 2 is 2.15 bits per heavy atom. The molecule has 0 unspecified atom stereocenters. The van der Waals surface area contributed by atoms with Crippen LogP contribution in [-0.2, 0) is 20.9 Å². The summed E-state index contributed by atoms with van der Waals surface area (Å²) in [4.78, 5) is 11.3. The highest BCUT2D eigenvalue weighted by Gasteiger charge is 2.47. The molecule has 106 valence electrons. The second-order valence-corrected chi connectivity index (χ2v) is 5.25. The molecule has 1 saturated carbocycles. The van der Waals surface area contributed by atoms with Crippen LogP contribution < -0.4 is 4.74 Å². The molecule has 1 aromatic carbocycles.